The van der Waals surface area contributed by atoms with E-state index in [2.05, 4.69) is 10.3 Å². The lowest BCUT2D eigenvalue weighted by atomic mass is 9.92. The summed E-state index contributed by atoms with van der Waals surface area (Å²) in [6.45, 7) is 0.189. The van der Waals surface area contributed by atoms with Gasteiger partial charge in [-0.3, -0.25) is 20.2 Å². The maximum Gasteiger partial charge on any atom is 0.275 e. The second-order valence-corrected chi connectivity index (χ2v) is 5.89. The zero-order valence-corrected chi connectivity index (χ0v) is 13.0. The van der Waals surface area contributed by atoms with Crippen molar-refractivity contribution in [3.05, 3.63) is 64.2 Å². The fourth-order valence-electron chi connectivity index (χ4n) is 3.20. The molecule has 0 fully saturated rings. The van der Waals surface area contributed by atoms with Crippen molar-refractivity contribution in [3.63, 3.8) is 0 Å². The Hall–Kier alpha value is -3.26. The fraction of sp³-hybridized carbons (Fsp3) is 0.176. The lowest BCUT2D eigenvalue weighted by Crippen LogP contribution is -2.37. The molecule has 1 amide bonds. The average Bonchev–Trinajstić information content (AvgIpc) is 2.97. The minimum atomic E-state index is -1.30. The van der Waals surface area contributed by atoms with Crippen molar-refractivity contribution < 1.29 is 14.8 Å². The third-order valence-corrected chi connectivity index (χ3v) is 4.44. The van der Waals surface area contributed by atoms with E-state index < -0.39 is 22.9 Å². The number of aliphatic hydroxyl groups excluding tert-OH is 1. The predicted octanol–water partition coefficient (Wildman–Crippen LogP) is 2.25. The normalized spacial score (nSPS) is 17.8. The summed E-state index contributed by atoms with van der Waals surface area (Å²) in [6, 6.07) is 13.3. The summed E-state index contributed by atoms with van der Waals surface area (Å²) in [5.74, 6) is -0.850. The number of imidazole rings is 1. The van der Waals surface area contributed by atoms with E-state index in [-0.39, 0.29) is 17.8 Å². The highest BCUT2D eigenvalue weighted by atomic mass is 16.6. The fourth-order valence-corrected chi connectivity index (χ4v) is 3.20. The largest absolute Gasteiger partial charge is 0.387 e. The predicted molar refractivity (Wildman–Crippen MR) is 89.9 cm³/mol. The molecular formula is C17H14N4O4. The molecule has 1 aliphatic rings. The van der Waals surface area contributed by atoms with Gasteiger partial charge in [-0.15, -0.1) is 0 Å². The molecule has 126 valence electrons. The Morgan fingerprint density at radius 2 is 1.96 bits per heavy atom. The van der Waals surface area contributed by atoms with Gasteiger partial charge in [-0.25, -0.2) is 4.98 Å². The first-order valence-corrected chi connectivity index (χ1v) is 7.74. The molecule has 0 saturated carbocycles. The lowest BCUT2D eigenvalue weighted by Gasteiger charge is -2.27. The van der Waals surface area contributed by atoms with E-state index >= 15 is 0 Å². The molecule has 0 aliphatic carbocycles. The van der Waals surface area contributed by atoms with Crippen LogP contribution in [0.3, 0.4) is 0 Å². The number of carbonyl (C=O) groups is 1. The van der Waals surface area contributed by atoms with Gasteiger partial charge in [0.2, 0.25) is 11.9 Å². The van der Waals surface area contributed by atoms with Crippen LogP contribution in [0.4, 0.5) is 11.6 Å². The maximum atomic E-state index is 12.4. The number of fused-ring (bicyclic) bond motifs is 3. The van der Waals surface area contributed by atoms with Crippen molar-refractivity contribution in [2.75, 3.05) is 5.32 Å². The summed E-state index contributed by atoms with van der Waals surface area (Å²) < 4.78 is 1.80. The van der Waals surface area contributed by atoms with E-state index in [4.69, 9.17) is 0 Å². The number of para-hydroxylation sites is 3. The van der Waals surface area contributed by atoms with E-state index in [1.807, 2.05) is 24.3 Å². The number of aromatic nitrogens is 2. The summed E-state index contributed by atoms with van der Waals surface area (Å²) >= 11 is 0. The van der Waals surface area contributed by atoms with Gasteiger partial charge >= 0.3 is 0 Å². The topological polar surface area (TPSA) is 110 Å². The molecule has 1 aromatic heterocycles. The first-order chi connectivity index (χ1) is 12.1. The molecule has 0 radical (unpaired) electrons. The van der Waals surface area contributed by atoms with Gasteiger partial charge in [0.15, 0.2) is 0 Å². The zero-order valence-electron chi connectivity index (χ0n) is 13.0. The van der Waals surface area contributed by atoms with Crippen LogP contribution >= 0.6 is 0 Å². The SMILES string of the molecule is O=C1Nc2nc3ccccc3n2CC1C(O)c1ccccc1[N+](=O)[O-]. The third-order valence-electron chi connectivity index (χ3n) is 4.44. The molecule has 8 nitrogen and oxygen atoms in total. The van der Waals surface area contributed by atoms with E-state index in [0.717, 1.165) is 11.0 Å². The standard InChI is InChI=1S/C17H14N4O4/c22-15(10-5-1-3-7-13(10)21(24)25)11-9-20-14-8-4-2-6-12(14)18-17(20)19-16(11)23/h1-8,11,15,22H,9H2,(H,18,19,23). The number of aliphatic hydroxyl groups is 1. The summed E-state index contributed by atoms with van der Waals surface area (Å²) in [7, 11) is 0. The van der Waals surface area contributed by atoms with Crippen molar-refractivity contribution in [3.8, 4) is 0 Å². The van der Waals surface area contributed by atoms with E-state index in [1.165, 1.54) is 18.2 Å². The zero-order chi connectivity index (χ0) is 17.6. The number of hydrogen-bond donors (Lipinski definition) is 2. The first kappa shape index (κ1) is 15.3. The molecule has 2 heterocycles. The molecule has 0 saturated heterocycles. The van der Waals surface area contributed by atoms with Crippen LogP contribution in [0.15, 0.2) is 48.5 Å². The van der Waals surface area contributed by atoms with E-state index in [9.17, 15) is 20.0 Å². The van der Waals surface area contributed by atoms with Crippen LogP contribution in [-0.4, -0.2) is 25.5 Å². The molecule has 4 rings (SSSR count). The van der Waals surface area contributed by atoms with Crippen LogP contribution in [-0.2, 0) is 11.3 Å². The van der Waals surface area contributed by atoms with Gasteiger partial charge in [-0.1, -0.05) is 24.3 Å². The third kappa shape index (κ3) is 2.43. The number of nitrogens with zero attached hydrogens (tertiary/aromatic N) is 3. The molecule has 2 atom stereocenters. The molecule has 0 spiro atoms. The number of nitrogens with one attached hydrogen (secondary N) is 1. The van der Waals surface area contributed by atoms with Crippen LogP contribution < -0.4 is 5.32 Å². The minimum absolute atomic E-state index is 0.125. The Labute approximate surface area is 141 Å². The summed E-state index contributed by atoms with van der Waals surface area (Å²) in [4.78, 5) is 27.4. The number of hydrogen-bond acceptors (Lipinski definition) is 5. The Morgan fingerprint density at radius 1 is 1.24 bits per heavy atom. The molecule has 8 heteroatoms. The highest BCUT2D eigenvalue weighted by Gasteiger charge is 2.37. The molecule has 1 aliphatic heterocycles. The Kier molecular flexibility index (Phi) is 3.47. The van der Waals surface area contributed by atoms with Gasteiger partial charge in [-0.2, -0.15) is 0 Å². The summed E-state index contributed by atoms with van der Waals surface area (Å²) in [5.41, 5.74) is 1.49. The van der Waals surface area contributed by atoms with Crippen LogP contribution in [0.5, 0.6) is 0 Å². The van der Waals surface area contributed by atoms with Gasteiger partial charge < -0.3 is 9.67 Å². The highest BCUT2D eigenvalue weighted by Crippen LogP contribution is 2.35. The summed E-state index contributed by atoms with van der Waals surface area (Å²) in [5, 5.41) is 24.6. The highest BCUT2D eigenvalue weighted by molar-refractivity contribution is 5.95. The van der Waals surface area contributed by atoms with Crippen LogP contribution in [0.25, 0.3) is 11.0 Å². The molecule has 2 aromatic carbocycles. The number of benzene rings is 2. The van der Waals surface area contributed by atoms with Gasteiger partial charge in [0.25, 0.3) is 5.69 Å². The van der Waals surface area contributed by atoms with E-state index in [1.54, 1.807) is 10.6 Å². The van der Waals surface area contributed by atoms with Crippen molar-refractivity contribution in [2.24, 2.45) is 5.92 Å². The molecule has 0 bridgehead atoms. The van der Waals surface area contributed by atoms with Crippen molar-refractivity contribution >= 4 is 28.6 Å². The van der Waals surface area contributed by atoms with Gasteiger partial charge in [-0.05, 0) is 18.2 Å². The number of rotatable bonds is 3. The number of nitro groups is 1. The molecule has 2 N–H and O–H groups in total. The van der Waals surface area contributed by atoms with Gasteiger partial charge in [0, 0.05) is 12.6 Å². The quantitative estimate of drug-likeness (QED) is 0.562. The minimum Gasteiger partial charge on any atom is -0.387 e. The first-order valence-electron chi connectivity index (χ1n) is 7.74. The number of nitro benzene ring substituents is 1. The molecular weight excluding hydrogens is 324 g/mol. The van der Waals surface area contributed by atoms with Crippen LogP contribution in [0.2, 0.25) is 0 Å². The molecule has 25 heavy (non-hydrogen) atoms. The van der Waals surface area contributed by atoms with Crippen molar-refractivity contribution in [1.82, 2.24) is 9.55 Å². The Bertz CT molecular complexity index is 997. The number of anilines is 1. The van der Waals surface area contributed by atoms with Crippen LogP contribution in [0.1, 0.15) is 11.7 Å². The van der Waals surface area contributed by atoms with Gasteiger partial charge in [0.05, 0.1) is 33.5 Å². The second-order valence-electron chi connectivity index (χ2n) is 5.89. The van der Waals surface area contributed by atoms with E-state index in [0.29, 0.717) is 5.95 Å². The lowest BCUT2D eigenvalue weighted by molar-refractivity contribution is -0.386. The van der Waals surface area contributed by atoms with Crippen LogP contribution in [0, 0.1) is 16.0 Å². The van der Waals surface area contributed by atoms with Crippen molar-refractivity contribution in [1.29, 1.82) is 0 Å². The van der Waals surface area contributed by atoms with Gasteiger partial charge in [0.1, 0.15) is 0 Å². The van der Waals surface area contributed by atoms with Crippen molar-refractivity contribution in [2.45, 2.75) is 12.6 Å². The number of amides is 1. The average molecular weight is 338 g/mol. The molecule has 2 unspecified atom stereocenters. The second kappa shape index (κ2) is 5.67. The maximum absolute atomic E-state index is 12.4. The Balaban J connectivity index is 1.74. The smallest absolute Gasteiger partial charge is 0.275 e. The monoisotopic (exact) mass is 338 g/mol. The summed E-state index contributed by atoms with van der Waals surface area (Å²) in [6.07, 6.45) is -1.30. The Morgan fingerprint density at radius 3 is 2.76 bits per heavy atom. The number of carbonyl (C=O) groups excluding carboxylic acids is 1. The molecule has 3 aromatic rings.